The van der Waals surface area contributed by atoms with E-state index in [9.17, 15) is 5.26 Å². The lowest BCUT2D eigenvalue weighted by Gasteiger charge is -2.42. The van der Waals surface area contributed by atoms with Gasteiger partial charge in [0.05, 0.1) is 25.7 Å². The average Bonchev–Trinajstić information content (AvgIpc) is 3.32. The lowest BCUT2D eigenvalue weighted by molar-refractivity contribution is 0.151. The fraction of sp³-hybridized carbons (Fsp3) is 0.321. The Labute approximate surface area is 190 Å². The molecule has 0 aromatic heterocycles. The maximum absolute atomic E-state index is 10.3. The monoisotopic (exact) mass is 424 g/mol. The van der Waals surface area contributed by atoms with Gasteiger partial charge in [0.15, 0.2) is 0 Å². The molecule has 1 fully saturated rings. The van der Waals surface area contributed by atoms with Gasteiger partial charge >= 0.3 is 0 Å². The Kier molecular flexibility index (Phi) is 5.83. The smallest absolute Gasteiger partial charge is 0.122 e. The molecule has 2 heterocycles. The van der Waals surface area contributed by atoms with Gasteiger partial charge in [-0.15, -0.1) is 0 Å². The van der Waals surface area contributed by atoms with E-state index in [1.54, 1.807) is 7.11 Å². The van der Waals surface area contributed by atoms with Crippen LogP contribution >= 0.6 is 0 Å². The minimum Gasteiger partial charge on any atom is -0.497 e. The highest BCUT2D eigenvalue weighted by Crippen LogP contribution is 2.43. The summed E-state index contributed by atoms with van der Waals surface area (Å²) in [6.07, 6.45) is 0.947. The Hall–Kier alpha value is -3.29. The first-order chi connectivity index (χ1) is 15.7. The van der Waals surface area contributed by atoms with Crippen molar-refractivity contribution in [1.29, 1.82) is 5.26 Å². The molecule has 0 radical (unpaired) electrons. The largest absolute Gasteiger partial charge is 0.497 e. The van der Waals surface area contributed by atoms with E-state index in [0.29, 0.717) is 0 Å². The second kappa shape index (κ2) is 9.06. The summed E-state index contributed by atoms with van der Waals surface area (Å²) in [4.78, 5) is 2.51. The topological polar surface area (TPSA) is 45.5 Å². The van der Waals surface area contributed by atoms with Crippen LogP contribution < -0.4 is 9.47 Å². The molecule has 2 aliphatic heterocycles. The third-order valence-corrected chi connectivity index (χ3v) is 6.86. The molecule has 2 aliphatic rings. The van der Waals surface area contributed by atoms with Crippen molar-refractivity contribution in [2.24, 2.45) is 5.92 Å². The number of methoxy groups -OCH3 is 1. The van der Waals surface area contributed by atoms with E-state index in [2.05, 4.69) is 71.6 Å². The highest BCUT2D eigenvalue weighted by molar-refractivity contribution is 5.42. The molecule has 32 heavy (non-hydrogen) atoms. The van der Waals surface area contributed by atoms with Gasteiger partial charge in [-0.25, -0.2) is 0 Å². The number of ether oxygens (including phenoxy) is 2. The second-order valence-electron chi connectivity index (χ2n) is 8.79. The first-order valence-electron chi connectivity index (χ1n) is 11.3. The second-order valence-corrected chi connectivity index (χ2v) is 8.79. The van der Waals surface area contributed by atoms with Crippen LogP contribution in [0.2, 0.25) is 0 Å². The van der Waals surface area contributed by atoms with Gasteiger partial charge in [-0.3, -0.25) is 4.90 Å². The predicted molar refractivity (Wildman–Crippen MR) is 125 cm³/mol. The van der Waals surface area contributed by atoms with Gasteiger partial charge in [-0.05, 0) is 40.5 Å². The Morgan fingerprint density at radius 3 is 2.41 bits per heavy atom. The van der Waals surface area contributed by atoms with Gasteiger partial charge in [0.1, 0.15) is 11.5 Å². The number of nitrogens with zero attached hydrogens (tertiary/aromatic N) is 2. The lowest BCUT2D eigenvalue weighted by atomic mass is 9.72. The van der Waals surface area contributed by atoms with E-state index < -0.39 is 0 Å². The number of piperidine rings is 1. The van der Waals surface area contributed by atoms with Crippen LogP contribution in [-0.4, -0.2) is 31.7 Å². The van der Waals surface area contributed by atoms with E-state index in [4.69, 9.17) is 9.47 Å². The molecule has 0 spiro atoms. The van der Waals surface area contributed by atoms with E-state index in [1.165, 1.54) is 22.3 Å². The van der Waals surface area contributed by atoms with Crippen LogP contribution in [0.15, 0.2) is 72.8 Å². The number of likely N-dealkylation sites (tertiary alicyclic amines) is 1. The predicted octanol–water partition coefficient (Wildman–Crippen LogP) is 5.15. The van der Waals surface area contributed by atoms with Crippen molar-refractivity contribution >= 4 is 0 Å². The lowest BCUT2D eigenvalue weighted by Crippen LogP contribution is -2.43. The van der Waals surface area contributed by atoms with E-state index in [1.807, 2.05) is 12.1 Å². The number of benzene rings is 3. The maximum Gasteiger partial charge on any atom is 0.122 e. The van der Waals surface area contributed by atoms with Crippen LogP contribution in [0.25, 0.3) is 0 Å². The van der Waals surface area contributed by atoms with Gasteiger partial charge < -0.3 is 9.47 Å². The molecule has 3 aromatic carbocycles. The molecule has 5 rings (SSSR count). The molecule has 4 nitrogen and oxygen atoms in total. The van der Waals surface area contributed by atoms with Crippen molar-refractivity contribution in [3.63, 3.8) is 0 Å². The van der Waals surface area contributed by atoms with Gasteiger partial charge in [-0.1, -0.05) is 54.6 Å². The van der Waals surface area contributed by atoms with Crippen molar-refractivity contribution < 1.29 is 9.47 Å². The number of hydrogen-bond donors (Lipinski definition) is 0. The fourth-order valence-electron chi connectivity index (χ4n) is 5.20. The zero-order valence-electron chi connectivity index (χ0n) is 18.4. The number of rotatable bonds is 5. The Balaban J connectivity index is 1.50. The van der Waals surface area contributed by atoms with Crippen LogP contribution in [0.4, 0.5) is 0 Å². The minimum absolute atomic E-state index is 0.0872. The minimum atomic E-state index is -0.0872. The molecular weight excluding hydrogens is 396 g/mol. The van der Waals surface area contributed by atoms with Crippen molar-refractivity contribution in [3.05, 3.63) is 95.1 Å². The van der Waals surface area contributed by atoms with Crippen LogP contribution in [0.1, 0.15) is 34.1 Å². The maximum atomic E-state index is 10.3. The molecule has 1 saturated heterocycles. The molecule has 0 amide bonds. The summed E-state index contributed by atoms with van der Waals surface area (Å²) >= 11 is 0. The van der Waals surface area contributed by atoms with Gasteiger partial charge in [0.25, 0.3) is 0 Å². The van der Waals surface area contributed by atoms with E-state index in [0.717, 1.165) is 44.2 Å². The quantitative estimate of drug-likeness (QED) is 0.568. The molecule has 0 aliphatic carbocycles. The summed E-state index contributed by atoms with van der Waals surface area (Å²) in [7, 11) is 1.68. The Bertz CT molecular complexity index is 1100. The summed E-state index contributed by atoms with van der Waals surface area (Å²) in [5.41, 5.74) is 5.01. The Morgan fingerprint density at radius 2 is 1.69 bits per heavy atom. The van der Waals surface area contributed by atoms with E-state index >= 15 is 0 Å². The standard InChI is InChI=1S/C28H28N2O2/c1-31-24-10-7-21(8-11-24)26-18-30(17-20-5-3-2-4-6-20)19-27(25(26)16-29)22-9-12-28-23(15-22)13-14-32-28/h2-12,15,25-27H,13-14,17-19H2,1H3. The molecule has 0 bridgehead atoms. The first-order valence-corrected chi connectivity index (χ1v) is 11.3. The molecule has 162 valence electrons. The molecule has 4 heteroatoms. The highest BCUT2D eigenvalue weighted by Gasteiger charge is 2.39. The van der Waals surface area contributed by atoms with Crippen LogP contribution in [-0.2, 0) is 13.0 Å². The highest BCUT2D eigenvalue weighted by atomic mass is 16.5. The Morgan fingerprint density at radius 1 is 0.969 bits per heavy atom. The molecule has 0 saturated carbocycles. The summed E-state index contributed by atoms with van der Waals surface area (Å²) in [5.74, 6) is 2.03. The molecule has 3 aromatic rings. The average molecular weight is 425 g/mol. The molecule has 3 unspecified atom stereocenters. The number of nitriles is 1. The normalized spacial score (nSPS) is 22.6. The number of hydrogen-bond acceptors (Lipinski definition) is 4. The summed E-state index contributed by atoms with van der Waals surface area (Å²) in [6.45, 7) is 3.37. The van der Waals surface area contributed by atoms with Crippen LogP contribution in [0.5, 0.6) is 11.5 Å². The molecular formula is C28H28N2O2. The van der Waals surface area contributed by atoms with Crippen LogP contribution in [0, 0.1) is 17.2 Å². The van der Waals surface area contributed by atoms with Gasteiger partial charge in [0.2, 0.25) is 0 Å². The zero-order valence-corrected chi connectivity index (χ0v) is 18.4. The van der Waals surface area contributed by atoms with Crippen molar-refractivity contribution in [2.45, 2.75) is 24.8 Å². The summed E-state index contributed by atoms with van der Waals surface area (Å²) in [5, 5.41) is 10.3. The fourth-order valence-corrected chi connectivity index (χ4v) is 5.20. The molecule has 0 N–H and O–H groups in total. The third-order valence-electron chi connectivity index (χ3n) is 6.86. The third kappa shape index (κ3) is 4.09. The summed E-state index contributed by atoms with van der Waals surface area (Å²) in [6, 6.07) is 28.1. The van der Waals surface area contributed by atoms with Gasteiger partial charge in [-0.2, -0.15) is 5.26 Å². The SMILES string of the molecule is COc1ccc(C2CN(Cc3ccccc3)CC(c3ccc4c(c3)CCO4)C2C#N)cc1. The summed E-state index contributed by atoms with van der Waals surface area (Å²) < 4.78 is 11.1. The zero-order chi connectivity index (χ0) is 21.9. The van der Waals surface area contributed by atoms with Crippen molar-refractivity contribution in [1.82, 2.24) is 4.90 Å². The van der Waals surface area contributed by atoms with E-state index in [-0.39, 0.29) is 17.8 Å². The molecule has 3 atom stereocenters. The van der Waals surface area contributed by atoms with Crippen molar-refractivity contribution in [2.75, 3.05) is 26.8 Å². The first kappa shape index (κ1) is 20.6. The van der Waals surface area contributed by atoms with Crippen molar-refractivity contribution in [3.8, 4) is 17.6 Å². The van der Waals surface area contributed by atoms with Gasteiger partial charge in [0, 0.05) is 37.9 Å². The number of fused-ring (bicyclic) bond motifs is 1. The van der Waals surface area contributed by atoms with Crippen LogP contribution in [0.3, 0.4) is 0 Å².